The van der Waals surface area contributed by atoms with Gasteiger partial charge in [-0.15, -0.1) is 0 Å². The molecule has 0 saturated carbocycles. The summed E-state index contributed by atoms with van der Waals surface area (Å²) in [7, 11) is 1.46. The molecule has 1 aromatic heterocycles. The number of methoxy groups -OCH3 is 1. The summed E-state index contributed by atoms with van der Waals surface area (Å²) in [4.78, 5) is 55.8. The molecule has 0 spiro atoms. The summed E-state index contributed by atoms with van der Waals surface area (Å²) >= 11 is 0. The number of aromatic nitrogens is 2. The summed E-state index contributed by atoms with van der Waals surface area (Å²) in [5.74, 6) is -0.527. The molecule has 0 saturated heterocycles. The van der Waals surface area contributed by atoms with E-state index in [0.29, 0.717) is 11.4 Å². The zero-order valence-corrected chi connectivity index (χ0v) is 19.2. The maximum Gasteiger partial charge on any atom is 0.330 e. The Labute approximate surface area is 190 Å². The lowest BCUT2D eigenvalue weighted by molar-refractivity contribution is -0.126. The summed E-state index contributed by atoms with van der Waals surface area (Å²) in [5, 5.41) is 0. The van der Waals surface area contributed by atoms with Crippen LogP contribution in [0, 0.1) is 5.92 Å². The van der Waals surface area contributed by atoms with Gasteiger partial charge in [0.25, 0.3) is 11.5 Å². The van der Waals surface area contributed by atoms with Crippen molar-refractivity contribution < 1.29 is 19.1 Å². The smallest absolute Gasteiger partial charge is 0.330 e. The predicted octanol–water partition coefficient (Wildman–Crippen LogP) is 0.568. The first kappa shape index (κ1) is 24.1. The summed E-state index contributed by atoms with van der Waals surface area (Å²) < 4.78 is 12.3. The van der Waals surface area contributed by atoms with Crippen LogP contribution < -0.4 is 31.5 Å². The second kappa shape index (κ2) is 9.90. The van der Waals surface area contributed by atoms with E-state index in [-0.39, 0.29) is 49.6 Å². The Morgan fingerprint density at radius 3 is 2.64 bits per heavy atom. The van der Waals surface area contributed by atoms with Gasteiger partial charge in [-0.05, 0) is 18.1 Å². The molecule has 0 fully saturated rings. The van der Waals surface area contributed by atoms with E-state index in [1.165, 1.54) is 23.5 Å². The molecule has 3 rings (SSSR count). The standard InChI is InChI=1S/C22H29N5O6/c1-13(2)11-27-19(23)18(20(29)24-22(27)31)25(9-10-32-4)21(30)17-12-26(14(3)28)15-7-5-6-8-16(15)33-17/h5-8,13,17H,9-12,23H2,1-4H3,(H,24,29,31). The van der Waals surface area contributed by atoms with Crippen LogP contribution in [-0.4, -0.2) is 54.3 Å². The Morgan fingerprint density at radius 1 is 1.30 bits per heavy atom. The van der Waals surface area contributed by atoms with Crippen LogP contribution in [0.4, 0.5) is 17.2 Å². The third-order valence-electron chi connectivity index (χ3n) is 5.25. The number of fused-ring (bicyclic) bond motifs is 1. The first-order valence-electron chi connectivity index (χ1n) is 10.6. The van der Waals surface area contributed by atoms with E-state index in [2.05, 4.69) is 4.98 Å². The lowest BCUT2D eigenvalue weighted by Gasteiger charge is -2.36. The van der Waals surface area contributed by atoms with Gasteiger partial charge in [0.1, 0.15) is 11.6 Å². The van der Waals surface area contributed by atoms with Gasteiger partial charge in [0.15, 0.2) is 11.8 Å². The third kappa shape index (κ3) is 4.92. The highest BCUT2D eigenvalue weighted by atomic mass is 16.5. The number of para-hydroxylation sites is 2. The number of amides is 2. The number of H-pyrrole nitrogens is 1. The highest BCUT2D eigenvalue weighted by molar-refractivity contribution is 6.01. The molecule has 2 amide bonds. The highest BCUT2D eigenvalue weighted by Gasteiger charge is 2.37. The number of hydrogen-bond acceptors (Lipinski definition) is 7. The van der Waals surface area contributed by atoms with Gasteiger partial charge in [0.2, 0.25) is 5.91 Å². The number of nitrogens with zero attached hydrogens (tertiary/aromatic N) is 3. The van der Waals surface area contributed by atoms with Crippen LogP contribution >= 0.6 is 0 Å². The minimum Gasteiger partial charge on any atom is -0.476 e. The van der Waals surface area contributed by atoms with E-state index in [0.717, 1.165) is 4.90 Å². The van der Waals surface area contributed by atoms with Crippen LogP contribution in [0.25, 0.3) is 0 Å². The number of nitrogens with two attached hydrogens (primary N) is 1. The van der Waals surface area contributed by atoms with E-state index in [1.54, 1.807) is 24.3 Å². The van der Waals surface area contributed by atoms with Gasteiger partial charge in [-0.1, -0.05) is 26.0 Å². The molecule has 0 radical (unpaired) electrons. The summed E-state index contributed by atoms with van der Waals surface area (Å²) in [6.45, 7) is 5.50. The number of benzene rings is 1. The molecule has 1 aliphatic rings. The minimum atomic E-state index is -1.09. The van der Waals surface area contributed by atoms with Crippen molar-refractivity contribution in [1.82, 2.24) is 9.55 Å². The average molecular weight is 460 g/mol. The van der Waals surface area contributed by atoms with Gasteiger partial charge in [0, 0.05) is 27.1 Å². The number of aromatic amines is 1. The maximum atomic E-state index is 13.6. The Bertz CT molecular complexity index is 1150. The van der Waals surface area contributed by atoms with E-state index in [9.17, 15) is 19.2 Å². The van der Waals surface area contributed by atoms with E-state index < -0.39 is 23.3 Å². The molecule has 0 bridgehead atoms. The van der Waals surface area contributed by atoms with Crippen molar-refractivity contribution in [3.8, 4) is 5.75 Å². The molecule has 1 atom stereocenters. The van der Waals surface area contributed by atoms with Gasteiger partial charge in [0.05, 0.1) is 18.8 Å². The monoisotopic (exact) mass is 459 g/mol. The topological polar surface area (TPSA) is 140 Å². The maximum absolute atomic E-state index is 13.6. The number of ether oxygens (including phenoxy) is 2. The molecular formula is C22H29N5O6. The Hall–Kier alpha value is -3.60. The number of anilines is 3. The lowest BCUT2D eigenvalue weighted by Crippen LogP contribution is -2.53. The van der Waals surface area contributed by atoms with Crippen molar-refractivity contribution in [3.63, 3.8) is 0 Å². The molecule has 11 heteroatoms. The lowest BCUT2D eigenvalue weighted by atomic mass is 10.1. The van der Waals surface area contributed by atoms with Gasteiger partial charge >= 0.3 is 5.69 Å². The van der Waals surface area contributed by atoms with Crippen molar-refractivity contribution in [2.45, 2.75) is 33.4 Å². The third-order valence-corrected chi connectivity index (χ3v) is 5.25. The van der Waals surface area contributed by atoms with Crippen LogP contribution in [0.3, 0.4) is 0 Å². The fourth-order valence-electron chi connectivity index (χ4n) is 3.73. The van der Waals surface area contributed by atoms with Gasteiger partial charge < -0.3 is 20.1 Å². The Kier molecular flexibility index (Phi) is 7.22. The molecule has 1 aliphatic heterocycles. The number of rotatable bonds is 7. The molecule has 3 N–H and O–H groups in total. The highest BCUT2D eigenvalue weighted by Crippen LogP contribution is 2.34. The molecule has 0 aliphatic carbocycles. The average Bonchev–Trinajstić information content (AvgIpc) is 2.77. The zero-order chi connectivity index (χ0) is 24.3. The second-order valence-corrected chi connectivity index (χ2v) is 8.18. The van der Waals surface area contributed by atoms with Crippen molar-refractivity contribution >= 4 is 29.0 Å². The quantitative estimate of drug-likeness (QED) is 0.617. The van der Waals surface area contributed by atoms with Crippen molar-refractivity contribution in [1.29, 1.82) is 0 Å². The zero-order valence-electron chi connectivity index (χ0n) is 19.2. The molecule has 1 unspecified atom stereocenters. The number of nitrogens with one attached hydrogen (secondary N) is 1. The summed E-state index contributed by atoms with van der Waals surface area (Å²) in [5.41, 5.74) is 5.18. The van der Waals surface area contributed by atoms with Crippen LogP contribution in [0.2, 0.25) is 0 Å². The normalized spacial score (nSPS) is 15.2. The second-order valence-electron chi connectivity index (χ2n) is 8.18. The molecular weight excluding hydrogens is 430 g/mol. The van der Waals surface area contributed by atoms with Gasteiger partial charge in [-0.3, -0.25) is 28.8 Å². The Morgan fingerprint density at radius 2 is 2.00 bits per heavy atom. The van der Waals surface area contributed by atoms with E-state index >= 15 is 0 Å². The molecule has 2 heterocycles. The van der Waals surface area contributed by atoms with Gasteiger partial charge in [-0.25, -0.2) is 4.79 Å². The first-order chi connectivity index (χ1) is 15.6. The number of carbonyl (C=O) groups excluding carboxylic acids is 2. The number of nitrogen functional groups attached to an aromatic ring is 1. The SMILES string of the molecule is COCCN(C(=O)C1CN(C(C)=O)c2ccccc2O1)c1c(N)n(CC(C)C)c(=O)[nH]c1=O. The molecule has 33 heavy (non-hydrogen) atoms. The van der Waals surface area contributed by atoms with Crippen LogP contribution in [0.5, 0.6) is 5.75 Å². The molecule has 11 nitrogen and oxygen atoms in total. The molecule has 2 aromatic rings. The van der Waals surface area contributed by atoms with Gasteiger partial charge in [-0.2, -0.15) is 0 Å². The van der Waals surface area contributed by atoms with E-state index in [4.69, 9.17) is 15.2 Å². The molecule has 1 aromatic carbocycles. The fourth-order valence-corrected chi connectivity index (χ4v) is 3.73. The van der Waals surface area contributed by atoms with Crippen molar-refractivity contribution in [3.05, 3.63) is 45.1 Å². The number of hydrogen-bond donors (Lipinski definition) is 2. The van der Waals surface area contributed by atoms with E-state index in [1.807, 2.05) is 13.8 Å². The summed E-state index contributed by atoms with van der Waals surface area (Å²) in [6.07, 6.45) is -1.09. The van der Waals surface area contributed by atoms with Crippen LogP contribution in [-0.2, 0) is 20.9 Å². The van der Waals surface area contributed by atoms with Crippen molar-refractivity contribution in [2.24, 2.45) is 5.92 Å². The van der Waals surface area contributed by atoms with Crippen LogP contribution in [0.1, 0.15) is 20.8 Å². The largest absolute Gasteiger partial charge is 0.476 e. The van der Waals surface area contributed by atoms with Crippen LogP contribution in [0.15, 0.2) is 33.9 Å². The predicted molar refractivity (Wildman–Crippen MR) is 124 cm³/mol. The molecule has 178 valence electrons. The first-order valence-corrected chi connectivity index (χ1v) is 10.6. The fraction of sp³-hybridized carbons (Fsp3) is 0.455. The summed E-state index contributed by atoms with van der Waals surface area (Å²) in [6, 6.07) is 6.89. The minimum absolute atomic E-state index is 0.00985. The van der Waals surface area contributed by atoms with Crippen molar-refractivity contribution in [2.75, 3.05) is 42.3 Å². The Balaban J connectivity index is 2.06. The number of carbonyl (C=O) groups is 2.